The standard InChI is InChI=1S/C15H21NO2/c1-4-13-5-7-14(8-6-13)9-10-16(3)15(18)11-12(2)17/h5-8H,4,9-11H2,1-3H3. The average Bonchev–Trinajstić information content (AvgIpc) is 2.35. The van der Waals surface area contributed by atoms with Gasteiger partial charge < -0.3 is 4.90 Å². The quantitative estimate of drug-likeness (QED) is 0.723. The number of nitrogens with zero attached hydrogens (tertiary/aromatic N) is 1. The van der Waals surface area contributed by atoms with E-state index in [2.05, 4.69) is 31.2 Å². The number of benzene rings is 1. The number of carbonyl (C=O) groups excluding carboxylic acids is 2. The summed E-state index contributed by atoms with van der Waals surface area (Å²) >= 11 is 0. The van der Waals surface area contributed by atoms with Crippen LogP contribution in [-0.4, -0.2) is 30.2 Å². The summed E-state index contributed by atoms with van der Waals surface area (Å²) in [7, 11) is 1.74. The van der Waals surface area contributed by atoms with Gasteiger partial charge in [-0.3, -0.25) is 9.59 Å². The van der Waals surface area contributed by atoms with Crippen molar-refractivity contribution < 1.29 is 9.59 Å². The van der Waals surface area contributed by atoms with Crippen molar-refractivity contribution in [3.05, 3.63) is 35.4 Å². The minimum absolute atomic E-state index is 0.00523. The molecule has 98 valence electrons. The van der Waals surface area contributed by atoms with E-state index in [4.69, 9.17) is 0 Å². The van der Waals surface area contributed by atoms with Crippen molar-refractivity contribution in [3.63, 3.8) is 0 Å². The van der Waals surface area contributed by atoms with Crippen LogP contribution >= 0.6 is 0 Å². The Hall–Kier alpha value is -1.64. The number of amides is 1. The van der Waals surface area contributed by atoms with Crippen LogP contribution in [0.4, 0.5) is 0 Å². The lowest BCUT2D eigenvalue weighted by atomic mass is 10.1. The molecule has 0 fully saturated rings. The zero-order valence-corrected chi connectivity index (χ0v) is 11.4. The molecule has 3 nitrogen and oxygen atoms in total. The molecule has 0 aliphatic carbocycles. The third-order valence-electron chi connectivity index (χ3n) is 2.99. The van der Waals surface area contributed by atoms with Crippen molar-refractivity contribution in [2.75, 3.05) is 13.6 Å². The molecule has 0 radical (unpaired) electrons. The average molecular weight is 247 g/mol. The van der Waals surface area contributed by atoms with Crippen molar-refractivity contribution in [2.45, 2.75) is 33.1 Å². The Morgan fingerprint density at radius 1 is 1.11 bits per heavy atom. The van der Waals surface area contributed by atoms with Crippen LogP contribution in [0.3, 0.4) is 0 Å². The predicted octanol–water partition coefficient (Wildman–Crippen LogP) is 2.23. The number of carbonyl (C=O) groups is 2. The van der Waals surface area contributed by atoms with E-state index in [1.807, 2.05) is 0 Å². The molecule has 1 aromatic rings. The highest BCUT2D eigenvalue weighted by Crippen LogP contribution is 2.06. The van der Waals surface area contributed by atoms with E-state index in [1.54, 1.807) is 11.9 Å². The number of Topliss-reactive ketones (excluding diaryl/α,β-unsaturated/α-hetero) is 1. The lowest BCUT2D eigenvalue weighted by Gasteiger charge is -2.16. The maximum absolute atomic E-state index is 11.6. The number of hydrogen-bond acceptors (Lipinski definition) is 2. The van der Waals surface area contributed by atoms with Gasteiger partial charge in [-0.05, 0) is 30.9 Å². The Labute approximate surface area is 109 Å². The Kier molecular flexibility index (Phi) is 5.56. The van der Waals surface area contributed by atoms with Crippen molar-refractivity contribution in [2.24, 2.45) is 0 Å². The summed E-state index contributed by atoms with van der Waals surface area (Å²) < 4.78 is 0. The molecule has 1 aromatic carbocycles. The highest BCUT2D eigenvalue weighted by atomic mass is 16.2. The van der Waals surface area contributed by atoms with Gasteiger partial charge in [0, 0.05) is 13.6 Å². The smallest absolute Gasteiger partial charge is 0.229 e. The zero-order chi connectivity index (χ0) is 13.5. The van der Waals surface area contributed by atoms with Gasteiger partial charge in [-0.1, -0.05) is 31.2 Å². The van der Waals surface area contributed by atoms with Crippen molar-refractivity contribution in [3.8, 4) is 0 Å². The first-order valence-electron chi connectivity index (χ1n) is 6.34. The molecule has 0 unspecified atom stereocenters. The molecule has 0 aliphatic heterocycles. The van der Waals surface area contributed by atoms with E-state index in [9.17, 15) is 9.59 Å². The molecule has 1 amide bonds. The Bertz CT molecular complexity index is 409. The fourth-order valence-electron chi connectivity index (χ4n) is 1.71. The Balaban J connectivity index is 2.43. The van der Waals surface area contributed by atoms with Gasteiger partial charge in [0.15, 0.2) is 0 Å². The summed E-state index contributed by atoms with van der Waals surface area (Å²) in [6, 6.07) is 8.43. The first kappa shape index (κ1) is 14.4. The van der Waals surface area contributed by atoms with Crippen molar-refractivity contribution in [1.82, 2.24) is 4.90 Å². The van der Waals surface area contributed by atoms with E-state index in [1.165, 1.54) is 18.1 Å². The van der Waals surface area contributed by atoms with Crippen LogP contribution in [0.1, 0.15) is 31.4 Å². The van der Waals surface area contributed by atoms with Crippen LogP contribution in [0, 0.1) is 0 Å². The Morgan fingerprint density at radius 2 is 1.67 bits per heavy atom. The molecule has 0 saturated heterocycles. The van der Waals surface area contributed by atoms with Crippen LogP contribution < -0.4 is 0 Å². The van der Waals surface area contributed by atoms with Crippen LogP contribution in [0.5, 0.6) is 0 Å². The number of hydrogen-bond donors (Lipinski definition) is 0. The minimum atomic E-state index is -0.104. The highest BCUT2D eigenvalue weighted by molar-refractivity contribution is 5.96. The molecule has 0 aromatic heterocycles. The molecule has 0 heterocycles. The normalized spacial score (nSPS) is 10.2. The molecule has 18 heavy (non-hydrogen) atoms. The molecule has 3 heteroatoms. The first-order valence-corrected chi connectivity index (χ1v) is 6.34. The number of ketones is 1. The molecule has 1 rings (SSSR count). The van der Waals surface area contributed by atoms with Gasteiger partial charge in [-0.15, -0.1) is 0 Å². The molecule has 0 bridgehead atoms. The second-order valence-electron chi connectivity index (χ2n) is 4.61. The topological polar surface area (TPSA) is 37.4 Å². The summed E-state index contributed by atoms with van der Waals surface area (Å²) in [5.74, 6) is -0.188. The van der Waals surface area contributed by atoms with Gasteiger partial charge in [0.05, 0.1) is 6.42 Å². The zero-order valence-electron chi connectivity index (χ0n) is 11.4. The summed E-state index contributed by atoms with van der Waals surface area (Å²) in [6.45, 7) is 4.22. The molecular formula is C15H21NO2. The van der Waals surface area contributed by atoms with E-state index in [-0.39, 0.29) is 18.1 Å². The van der Waals surface area contributed by atoms with Crippen LogP contribution in [0.2, 0.25) is 0 Å². The van der Waals surface area contributed by atoms with Crippen LogP contribution in [0.15, 0.2) is 24.3 Å². The summed E-state index contributed by atoms with van der Waals surface area (Å²) in [6.07, 6.45) is 1.87. The van der Waals surface area contributed by atoms with E-state index in [0.717, 1.165) is 12.8 Å². The summed E-state index contributed by atoms with van der Waals surface area (Å²) in [5.41, 5.74) is 2.54. The van der Waals surface area contributed by atoms with Gasteiger partial charge in [0.25, 0.3) is 0 Å². The maximum Gasteiger partial charge on any atom is 0.229 e. The molecule has 0 N–H and O–H groups in total. The monoisotopic (exact) mass is 247 g/mol. The molecular weight excluding hydrogens is 226 g/mol. The molecule has 0 aliphatic rings. The van der Waals surface area contributed by atoms with Gasteiger partial charge in [0.2, 0.25) is 5.91 Å². The number of likely N-dealkylation sites (N-methyl/N-ethyl adjacent to an activating group) is 1. The van der Waals surface area contributed by atoms with Crippen LogP contribution in [-0.2, 0) is 22.4 Å². The number of rotatable bonds is 6. The third kappa shape index (κ3) is 4.70. The summed E-state index contributed by atoms with van der Waals surface area (Å²) in [5, 5.41) is 0. The minimum Gasteiger partial charge on any atom is -0.345 e. The second-order valence-corrected chi connectivity index (χ2v) is 4.61. The first-order chi connectivity index (χ1) is 8.52. The van der Waals surface area contributed by atoms with E-state index in [0.29, 0.717) is 6.54 Å². The van der Waals surface area contributed by atoms with Crippen molar-refractivity contribution in [1.29, 1.82) is 0 Å². The molecule has 0 saturated carbocycles. The predicted molar refractivity (Wildman–Crippen MR) is 72.5 cm³/mol. The largest absolute Gasteiger partial charge is 0.345 e. The third-order valence-corrected chi connectivity index (χ3v) is 2.99. The van der Waals surface area contributed by atoms with Crippen LogP contribution in [0.25, 0.3) is 0 Å². The van der Waals surface area contributed by atoms with E-state index >= 15 is 0 Å². The van der Waals surface area contributed by atoms with E-state index < -0.39 is 0 Å². The second kappa shape index (κ2) is 6.94. The molecule has 0 spiro atoms. The van der Waals surface area contributed by atoms with Gasteiger partial charge in [0.1, 0.15) is 5.78 Å². The lowest BCUT2D eigenvalue weighted by Crippen LogP contribution is -2.30. The van der Waals surface area contributed by atoms with Crippen molar-refractivity contribution >= 4 is 11.7 Å². The fourth-order valence-corrected chi connectivity index (χ4v) is 1.71. The van der Waals surface area contributed by atoms with Gasteiger partial charge in [-0.2, -0.15) is 0 Å². The van der Waals surface area contributed by atoms with Gasteiger partial charge in [-0.25, -0.2) is 0 Å². The summed E-state index contributed by atoms with van der Waals surface area (Å²) in [4.78, 5) is 24.1. The fraction of sp³-hybridized carbons (Fsp3) is 0.467. The van der Waals surface area contributed by atoms with Gasteiger partial charge >= 0.3 is 0 Å². The lowest BCUT2D eigenvalue weighted by molar-refractivity contribution is -0.133. The maximum atomic E-state index is 11.6. The SMILES string of the molecule is CCc1ccc(CCN(C)C(=O)CC(C)=O)cc1. The number of aryl methyl sites for hydroxylation is 1. The molecule has 0 atom stereocenters. The highest BCUT2D eigenvalue weighted by Gasteiger charge is 2.10. The Morgan fingerprint density at radius 3 is 2.17 bits per heavy atom.